The molecule has 0 aliphatic rings. The van der Waals surface area contributed by atoms with Gasteiger partial charge < -0.3 is 9.72 Å². The average molecular weight is 258 g/mol. The molecular weight excluding hydrogens is 249 g/mol. The van der Waals surface area contributed by atoms with Gasteiger partial charge in [0.25, 0.3) is 0 Å². The van der Waals surface area contributed by atoms with Crippen molar-refractivity contribution in [3.8, 4) is 0 Å². The molecule has 5 heteroatoms. The first-order valence-electron chi connectivity index (χ1n) is 4.63. The van der Waals surface area contributed by atoms with Gasteiger partial charge in [-0.15, -0.1) is 0 Å². The summed E-state index contributed by atoms with van der Waals surface area (Å²) in [4.78, 5) is 14.2. The zero-order valence-corrected chi connectivity index (χ0v) is 10.0. The Morgan fingerprint density at radius 1 is 1.31 bits per heavy atom. The van der Waals surface area contributed by atoms with Crippen LogP contribution in [0.1, 0.15) is 5.69 Å². The van der Waals surface area contributed by atoms with E-state index in [0.717, 1.165) is 16.6 Å². The minimum absolute atomic E-state index is 0.209. The van der Waals surface area contributed by atoms with E-state index >= 15 is 0 Å². The number of aromatic nitrogens is 1. The Morgan fingerprint density at radius 3 is 2.69 bits per heavy atom. The SMILES string of the molecule is COC(=O)Cc1cc2cc(Cl)c(Cl)cc2[nH]1. The number of benzene rings is 1. The van der Waals surface area contributed by atoms with Crippen molar-refractivity contribution in [2.45, 2.75) is 6.42 Å². The van der Waals surface area contributed by atoms with E-state index in [2.05, 4.69) is 9.72 Å². The predicted octanol–water partition coefficient (Wildman–Crippen LogP) is 3.19. The number of rotatable bonds is 2. The molecule has 16 heavy (non-hydrogen) atoms. The molecule has 2 aromatic rings. The topological polar surface area (TPSA) is 42.1 Å². The first kappa shape index (κ1) is 11.3. The van der Waals surface area contributed by atoms with Gasteiger partial charge in [0.1, 0.15) is 0 Å². The molecule has 0 fully saturated rings. The lowest BCUT2D eigenvalue weighted by Gasteiger charge is -1.95. The molecule has 0 atom stereocenters. The Hall–Kier alpha value is -1.19. The summed E-state index contributed by atoms with van der Waals surface area (Å²) in [5, 5.41) is 1.91. The van der Waals surface area contributed by atoms with Crippen LogP contribution in [0, 0.1) is 0 Å². The highest BCUT2D eigenvalue weighted by molar-refractivity contribution is 6.42. The maximum Gasteiger partial charge on any atom is 0.311 e. The van der Waals surface area contributed by atoms with Gasteiger partial charge in [0, 0.05) is 16.6 Å². The van der Waals surface area contributed by atoms with Gasteiger partial charge in [-0.25, -0.2) is 0 Å². The fourth-order valence-electron chi connectivity index (χ4n) is 1.51. The lowest BCUT2D eigenvalue weighted by atomic mass is 10.2. The molecular formula is C11H9Cl2NO2. The molecule has 0 unspecified atom stereocenters. The van der Waals surface area contributed by atoms with Gasteiger partial charge in [-0.3, -0.25) is 4.79 Å². The fourth-order valence-corrected chi connectivity index (χ4v) is 1.85. The van der Waals surface area contributed by atoms with Crippen molar-refractivity contribution >= 4 is 40.1 Å². The number of fused-ring (bicyclic) bond motifs is 1. The molecule has 0 aliphatic heterocycles. The number of ether oxygens (including phenoxy) is 1. The van der Waals surface area contributed by atoms with Gasteiger partial charge in [-0.1, -0.05) is 23.2 Å². The van der Waals surface area contributed by atoms with Crippen molar-refractivity contribution in [1.82, 2.24) is 4.98 Å². The van der Waals surface area contributed by atoms with E-state index in [1.807, 2.05) is 6.07 Å². The molecule has 2 rings (SSSR count). The molecule has 1 heterocycles. The van der Waals surface area contributed by atoms with Gasteiger partial charge in [0.2, 0.25) is 0 Å². The van der Waals surface area contributed by atoms with E-state index in [-0.39, 0.29) is 12.4 Å². The van der Waals surface area contributed by atoms with E-state index in [1.54, 1.807) is 12.1 Å². The van der Waals surface area contributed by atoms with Crippen LogP contribution >= 0.6 is 23.2 Å². The second-order valence-corrected chi connectivity index (χ2v) is 4.22. The number of nitrogens with one attached hydrogen (secondary N) is 1. The van der Waals surface area contributed by atoms with E-state index in [1.165, 1.54) is 7.11 Å². The second-order valence-electron chi connectivity index (χ2n) is 3.40. The third kappa shape index (κ3) is 2.15. The van der Waals surface area contributed by atoms with Crippen LogP contribution in [0.25, 0.3) is 10.9 Å². The number of carbonyl (C=O) groups excluding carboxylic acids is 1. The van der Waals surface area contributed by atoms with Gasteiger partial charge in [-0.05, 0) is 18.2 Å². The Kier molecular flexibility index (Phi) is 3.08. The zero-order chi connectivity index (χ0) is 11.7. The highest BCUT2D eigenvalue weighted by atomic mass is 35.5. The summed E-state index contributed by atoms with van der Waals surface area (Å²) in [6.45, 7) is 0. The maximum atomic E-state index is 11.1. The first-order chi connectivity index (χ1) is 7.60. The monoisotopic (exact) mass is 257 g/mol. The molecule has 0 amide bonds. The van der Waals surface area contributed by atoms with Crippen LogP contribution in [0.4, 0.5) is 0 Å². The molecule has 0 radical (unpaired) electrons. The van der Waals surface area contributed by atoms with Crippen molar-refractivity contribution < 1.29 is 9.53 Å². The third-order valence-electron chi connectivity index (χ3n) is 2.28. The summed E-state index contributed by atoms with van der Waals surface area (Å²) >= 11 is 11.8. The highest BCUT2D eigenvalue weighted by Gasteiger charge is 2.08. The van der Waals surface area contributed by atoms with Crippen LogP contribution in [0.2, 0.25) is 10.0 Å². The number of esters is 1. The smallest absolute Gasteiger partial charge is 0.311 e. The van der Waals surface area contributed by atoms with Gasteiger partial charge in [-0.2, -0.15) is 0 Å². The molecule has 84 valence electrons. The number of halogens is 2. The largest absolute Gasteiger partial charge is 0.469 e. The average Bonchev–Trinajstić information content (AvgIpc) is 2.60. The summed E-state index contributed by atoms with van der Waals surface area (Å²) in [5.74, 6) is -0.288. The zero-order valence-electron chi connectivity index (χ0n) is 8.51. The predicted molar refractivity (Wildman–Crippen MR) is 64.0 cm³/mol. The van der Waals surface area contributed by atoms with Crippen molar-refractivity contribution in [2.75, 3.05) is 7.11 Å². The van der Waals surface area contributed by atoms with Crippen LogP contribution < -0.4 is 0 Å². The molecule has 1 N–H and O–H groups in total. The van der Waals surface area contributed by atoms with E-state index < -0.39 is 0 Å². The molecule has 0 spiro atoms. The van der Waals surface area contributed by atoms with Crippen molar-refractivity contribution in [3.05, 3.63) is 33.9 Å². The third-order valence-corrected chi connectivity index (χ3v) is 3.00. The standard InChI is InChI=1S/C11H9Cl2NO2/c1-16-11(15)4-7-2-6-3-8(12)9(13)5-10(6)14-7/h2-3,5,14H,4H2,1H3. The van der Waals surface area contributed by atoms with Crippen molar-refractivity contribution in [3.63, 3.8) is 0 Å². The Balaban J connectivity index is 2.40. The van der Waals surface area contributed by atoms with Gasteiger partial charge in [0.15, 0.2) is 0 Å². The Morgan fingerprint density at radius 2 is 2.00 bits per heavy atom. The van der Waals surface area contributed by atoms with Crippen molar-refractivity contribution in [2.24, 2.45) is 0 Å². The van der Waals surface area contributed by atoms with Gasteiger partial charge in [0.05, 0.1) is 23.6 Å². The molecule has 1 aromatic heterocycles. The van der Waals surface area contributed by atoms with E-state index in [0.29, 0.717) is 10.0 Å². The van der Waals surface area contributed by atoms with E-state index in [9.17, 15) is 4.79 Å². The normalized spacial score (nSPS) is 10.7. The Labute approximate surface area is 102 Å². The lowest BCUT2D eigenvalue weighted by molar-refractivity contribution is -0.139. The summed E-state index contributed by atoms with van der Waals surface area (Å²) in [6, 6.07) is 5.35. The minimum atomic E-state index is -0.288. The number of H-pyrrole nitrogens is 1. The number of hydrogen-bond donors (Lipinski definition) is 1. The van der Waals surface area contributed by atoms with Crippen LogP contribution in [0.5, 0.6) is 0 Å². The summed E-state index contributed by atoms with van der Waals surface area (Å²) in [6.07, 6.45) is 0.209. The van der Waals surface area contributed by atoms with Crippen LogP contribution in [-0.2, 0) is 16.0 Å². The second kappa shape index (κ2) is 4.36. The number of aromatic amines is 1. The molecule has 3 nitrogen and oxygen atoms in total. The molecule has 1 aromatic carbocycles. The van der Waals surface area contributed by atoms with Gasteiger partial charge >= 0.3 is 5.97 Å². The Bertz CT molecular complexity index is 509. The molecule has 0 aliphatic carbocycles. The summed E-state index contributed by atoms with van der Waals surface area (Å²) < 4.78 is 4.59. The number of hydrogen-bond acceptors (Lipinski definition) is 2. The lowest BCUT2D eigenvalue weighted by Crippen LogP contribution is -2.04. The number of methoxy groups -OCH3 is 1. The fraction of sp³-hybridized carbons (Fsp3) is 0.182. The van der Waals surface area contributed by atoms with Crippen LogP contribution in [0.15, 0.2) is 18.2 Å². The molecule has 0 saturated heterocycles. The first-order valence-corrected chi connectivity index (χ1v) is 5.39. The van der Waals surface area contributed by atoms with Crippen molar-refractivity contribution in [1.29, 1.82) is 0 Å². The summed E-state index contributed by atoms with van der Waals surface area (Å²) in [5.41, 5.74) is 1.63. The van der Waals surface area contributed by atoms with Crippen LogP contribution in [0.3, 0.4) is 0 Å². The number of carbonyl (C=O) groups is 1. The van der Waals surface area contributed by atoms with E-state index in [4.69, 9.17) is 23.2 Å². The summed E-state index contributed by atoms with van der Waals surface area (Å²) in [7, 11) is 1.36. The maximum absolute atomic E-state index is 11.1. The minimum Gasteiger partial charge on any atom is -0.469 e. The molecule has 0 saturated carbocycles. The quantitative estimate of drug-likeness (QED) is 0.840. The van der Waals surface area contributed by atoms with Crippen LogP contribution in [-0.4, -0.2) is 18.1 Å². The highest BCUT2D eigenvalue weighted by Crippen LogP contribution is 2.28. The molecule has 0 bridgehead atoms.